The lowest BCUT2D eigenvalue weighted by atomic mass is 9.92. The van der Waals surface area contributed by atoms with E-state index in [1.807, 2.05) is 62.6 Å². The number of hydrogen-bond donors (Lipinski definition) is 2. The zero-order chi connectivity index (χ0) is 21.4. The van der Waals surface area contributed by atoms with Gasteiger partial charge in [-0.3, -0.25) is 10.1 Å². The topological polar surface area (TPSA) is 71.5 Å². The minimum atomic E-state index is -1.29. The Morgan fingerprint density at radius 1 is 1.20 bits per heavy atom. The molecule has 0 saturated heterocycles. The molecule has 3 aromatic rings. The van der Waals surface area contributed by atoms with E-state index in [0.29, 0.717) is 17.2 Å². The number of hydrogen-bond acceptors (Lipinski definition) is 3. The van der Waals surface area contributed by atoms with E-state index in [9.17, 15) is 9.90 Å². The predicted molar refractivity (Wildman–Crippen MR) is 122 cm³/mol. The molecule has 0 radical (unpaired) electrons. The Kier molecular flexibility index (Phi) is 6.39. The number of aromatic nitrogens is 2. The standard InChI is InChI=1S/C23H26N4O2.CH4/c1-15-12-18-19(13-17(15)24-6)27(22(2,3)4)21(25-18)26-20(28)14-23(5,29)16-10-8-7-9-11-16;/h7-13,29H,14H2,1-5H3,(H,25,26,28);1H4/t23-;/m0./s1. The van der Waals surface area contributed by atoms with Gasteiger partial charge in [-0.15, -0.1) is 0 Å². The average Bonchev–Trinajstić information content (AvgIpc) is 2.97. The molecule has 0 saturated carbocycles. The molecule has 3 rings (SSSR count). The van der Waals surface area contributed by atoms with Crippen molar-refractivity contribution in [3.63, 3.8) is 0 Å². The van der Waals surface area contributed by atoms with Crippen LogP contribution in [0.2, 0.25) is 0 Å². The average molecular weight is 407 g/mol. The lowest BCUT2D eigenvalue weighted by molar-refractivity contribution is -0.120. The molecule has 2 aromatic carbocycles. The minimum Gasteiger partial charge on any atom is -0.385 e. The molecule has 2 N–H and O–H groups in total. The number of anilines is 1. The van der Waals surface area contributed by atoms with E-state index < -0.39 is 5.60 Å². The highest BCUT2D eigenvalue weighted by Gasteiger charge is 2.29. The molecule has 30 heavy (non-hydrogen) atoms. The second-order valence-corrected chi connectivity index (χ2v) is 8.55. The van der Waals surface area contributed by atoms with Crippen molar-refractivity contribution >= 4 is 28.6 Å². The fourth-order valence-electron chi connectivity index (χ4n) is 3.48. The number of amides is 1. The van der Waals surface area contributed by atoms with E-state index in [2.05, 4.69) is 15.1 Å². The maximum Gasteiger partial charge on any atom is 0.229 e. The molecular weight excluding hydrogens is 376 g/mol. The van der Waals surface area contributed by atoms with Gasteiger partial charge in [0.15, 0.2) is 5.69 Å². The largest absolute Gasteiger partial charge is 0.385 e. The maximum atomic E-state index is 12.8. The van der Waals surface area contributed by atoms with Gasteiger partial charge in [0.2, 0.25) is 11.9 Å². The Morgan fingerprint density at radius 3 is 2.40 bits per heavy atom. The quantitative estimate of drug-likeness (QED) is 0.560. The van der Waals surface area contributed by atoms with Crippen molar-refractivity contribution in [3.05, 3.63) is 65.0 Å². The van der Waals surface area contributed by atoms with Crippen molar-refractivity contribution in [1.82, 2.24) is 9.55 Å². The number of aryl methyl sites for hydroxylation is 1. The third-order valence-electron chi connectivity index (χ3n) is 4.92. The SMILES string of the molecule is C.[C-]#[N+]c1cc2c(cc1C)nc(NC(=O)C[C@](C)(O)c1ccccc1)n2C(C)(C)C. The number of nitrogens with one attached hydrogen (secondary N) is 1. The first kappa shape index (κ1) is 23.1. The van der Waals surface area contributed by atoms with Gasteiger partial charge >= 0.3 is 0 Å². The van der Waals surface area contributed by atoms with Gasteiger partial charge in [0.1, 0.15) is 0 Å². The summed E-state index contributed by atoms with van der Waals surface area (Å²) in [6.45, 7) is 16.9. The van der Waals surface area contributed by atoms with Crippen molar-refractivity contribution in [3.8, 4) is 0 Å². The number of aliphatic hydroxyl groups is 1. The summed E-state index contributed by atoms with van der Waals surface area (Å²) in [6, 6.07) is 12.8. The normalized spacial score (nSPS) is 13.2. The van der Waals surface area contributed by atoms with Gasteiger partial charge in [-0.1, -0.05) is 37.8 Å². The van der Waals surface area contributed by atoms with Crippen molar-refractivity contribution < 1.29 is 9.90 Å². The van der Waals surface area contributed by atoms with E-state index in [0.717, 1.165) is 16.6 Å². The number of benzene rings is 2. The Hall–Kier alpha value is -3.17. The lowest BCUT2D eigenvalue weighted by Crippen LogP contribution is -2.31. The molecule has 1 atom stereocenters. The highest BCUT2D eigenvalue weighted by atomic mass is 16.3. The van der Waals surface area contributed by atoms with E-state index >= 15 is 0 Å². The van der Waals surface area contributed by atoms with Crippen LogP contribution >= 0.6 is 0 Å². The first-order chi connectivity index (χ1) is 13.5. The van der Waals surface area contributed by atoms with Gasteiger partial charge in [0, 0.05) is 5.54 Å². The Morgan fingerprint density at radius 2 is 1.83 bits per heavy atom. The van der Waals surface area contributed by atoms with Gasteiger partial charge in [-0.2, -0.15) is 0 Å². The fourth-order valence-corrected chi connectivity index (χ4v) is 3.48. The summed E-state index contributed by atoms with van der Waals surface area (Å²) in [6.07, 6.45) is -0.101. The number of nitrogens with zero attached hydrogens (tertiary/aromatic N) is 3. The molecule has 0 aliphatic carbocycles. The fraction of sp³-hybridized carbons (Fsp3) is 0.375. The van der Waals surface area contributed by atoms with Gasteiger partial charge in [-0.05, 0) is 57.9 Å². The van der Waals surface area contributed by atoms with Gasteiger partial charge in [0.25, 0.3) is 0 Å². The minimum absolute atomic E-state index is 0. The van der Waals surface area contributed by atoms with E-state index in [1.165, 1.54) is 0 Å². The smallest absolute Gasteiger partial charge is 0.229 e. The summed E-state index contributed by atoms with van der Waals surface area (Å²) < 4.78 is 1.92. The van der Waals surface area contributed by atoms with Crippen LogP contribution < -0.4 is 5.32 Å². The Balaban J connectivity index is 0.00000320. The number of rotatable bonds is 4. The van der Waals surface area contributed by atoms with Gasteiger partial charge in [-0.25, -0.2) is 9.83 Å². The number of carbonyl (C=O) groups is 1. The Labute approximate surface area is 178 Å². The molecule has 158 valence electrons. The lowest BCUT2D eigenvalue weighted by Gasteiger charge is -2.26. The zero-order valence-corrected chi connectivity index (χ0v) is 17.4. The highest BCUT2D eigenvalue weighted by Crippen LogP contribution is 2.33. The summed E-state index contributed by atoms with van der Waals surface area (Å²) in [5.41, 5.74) is 1.93. The Bertz CT molecular complexity index is 1100. The zero-order valence-electron chi connectivity index (χ0n) is 17.4. The first-order valence-electron chi connectivity index (χ1n) is 9.52. The van der Waals surface area contributed by atoms with Crippen LogP contribution in [-0.2, 0) is 15.9 Å². The van der Waals surface area contributed by atoms with Crippen LogP contribution in [0.25, 0.3) is 15.9 Å². The monoisotopic (exact) mass is 406 g/mol. The molecule has 1 heterocycles. The summed E-state index contributed by atoms with van der Waals surface area (Å²) in [4.78, 5) is 21.0. The van der Waals surface area contributed by atoms with Gasteiger partial charge in [0.05, 0.1) is 29.6 Å². The molecule has 6 nitrogen and oxygen atoms in total. The summed E-state index contributed by atoms with van der Waals surface area (Å²) in [5.74, 6) is 0.0738. The molecule has 0 unspecified atom stereocenters. The number of carbonyl (C=O) groups excluding carboxylic acids is 1. The van der Waals surface area contributed by atoms with E-state index in [-0.39, 0.29) is 25.3 Å². The van der Waals surface area contributed by atoms with Crippen molar-refractivity contribution in [2.75, 3.05) is 5.32 Å². The van der Waals surface area contributed by atoms with Crippen LogP contribution in [0.1, 0.15) is 52.7 Å². The third-order valence-corrected chi connectivity index (χ3v) is 4.92. The van der Waals surface area contributed by atoms with Crippen molar-refractivity contribution in [1.29, 1.82) is 0 Å². The molecular formula is C24H30N4O2. The van der Waals surface area contributed by atoms with Crippen LogP contribution in [-0.4, -0.2) is 20.6 Å². The van der Waals surface area contributed by atoms with Crippen LogP contribution in [0.4, 0.5) is 11.6 Å². The second-order valence-electron chi connectivity index (χ2n) is 8.55. The van der Waals surface area contributed by atoms with Crippen molar-refractivity contribution in [2.24, 2.45) is 0 Å². The number of imidazole rings is 1. The summed E-state index contributed by atoms with van der Waals surface area (Å²) in [7, 11) is 0. The van der Waals surface area contributed by atoms with Crippen LogP contribution in [0.3, 0.4) is 0 Å². The maximum absolute atomic E-state index is 12.8. The number of fused-ring (bicyclic) bond motifs is 1. The predicted octanol–water partition coefficient (Wildman–Crippen LogP) is 5.52. The molecule has 0 aliphatic rings. The molecule has 0 bridgehead atoms. The van der Waals surface area contributed by atoms with E-state index in [4.69, 9.17) is 6.57 Å². The highest BCUT2D eigenvalue weighted by molar-refractivity contribution is 5.93. The van der Waals surface area contributed by atoms with E-state index in [1.54, 1.807) is 19.1 Å². The van der Waals surface area contributed by atoms with Crippen LogP contribution in [0.5, 0.6) is 0 Å². The molecule has 0 fully saturated rings. The second kappa shape index (κ2) is 8.29. The molecule has 6 heteroatoms. The van der Waals surface area contributed by atoms with Crippen LogP contribution in [0, 0.1) is 13.5 Å². The molecule has 0 spiro atoms. The van der Waals surface area contributed by atoms with Gasteiger partial charge < -0.3 is 9.67 Å². The molecule has 0 aliphatic heterocycles. The molecule has 1 aromatic heterocycles. The molecule has 1 amide bonds. The third kappa shape index (κ3) is 4.52. The summed E-state index contributed by atoms with van der Waals surface area (Å²) in [5, 5.41) is 13.7. The first-order valence-corrected chi connectivity index (χ1v) is 9.52. The summed E-state index contributed by atoms with van der Waals surface area (Å²) >= 11 is 0. The van der Waals surface area contributed by atoms with Crippen molar-refractivity contribution in [2.45, 2.75) is 59.6 Å². The van der Waals surface area contributed by atoms with Crippen LogP contribution in [0.15, 0.2) is 42.5 Å².